The minimum atomic E-state index is -0.648. The van der Waals surface area contributed by atoms with Gasteiger partial charge in [0.1, 0.15) is 6.54 Å². The monoisotopic (exact) mass is 542 g/mol. The summed E-state index contributed by atoms with van der Waals surface area (Å²) in [4.78, 5) is 70.4. The van der Waals surface area contributed by atoms with Gasteiger partial charge in [0.15, 0.2) is 6.67 Å². The Bertz CT molecular complexity index is 1340. The highest BCUT2D eigenvalue weighted by molar-refractivity contribution is 6.27. The third kappa shape index (κ3) is 4.86. The zero-order valence-electron chi connectivity index (χ0n) is 21.8. The van der Waals surface area contributed by atoms with Crippen LogP contribution in [-0.2, 0) is 25.8 Å². The molecule has 5 rings (SSSR count). The van der Waals surface area contributed by atoms with E-state index in [-0.39, 0.29) is 50.0 Å². The second-order valence-corrected chi connectivity index (χ2v) is 10.7. The summed E-state index contributed by atoms with van der Waals surface area (Å²) in [7, 11) is 6.35. The van der Waals surface area contributed by atoms with E-state index in [1.54, 1.807) is 6.07 Å². The molecular weight excluding hydrogens is 512 g/mol. The largest absolute Gasteiger partial charge is 1.00 e. The number of hydrogen-bond acceptors (Lipinski definition) is 7. The molecule has 10 nitrogen and oxygen atoms in total. The molecule has 38 heavy (non-hydrogen) atoms. The second kappa shape index (κ2) is 10.3. The zero-order valence-corrected chi connectivity index (χ0v) is 22.5. The molecule has 11 heteroatoms. The van der Waals surface area contributed by atoms with Crippen LogP contribution in [0.4, 0.5) is 5.69 Å². The predicted molar refractivity (Wildman–Crippen MR) is 134 cm³/mol. The summed E-state index contributed by atoms with van der Waals surface area (Å²) in [6.07, 6.45) is 1.69. The van der Waals surface area contributed by atoms with Crippen molar-refractivity contribution < 1.29 is 45.7 Å². The summed E-state index contributed by atoms with van der Waals surface area (Å²) < 4.78 is 0.771. The first kappa shape index (κ1) is 27.5. The van der Waals surface area contributed by atoms with Crippen molar-refractivity contribution in [3.63, 3.8) is 0 Å². The number of hydroxylamine groups is 2. The summed E-state index contributed by atoms with van der Waals surface area (Å²) in [5, 5.41) is 2.20. The van der Waals surface area contributed by atoms with Crippen LogP contribution in [0.5, 0.6) is 0 Å². The third-order valence-electron chi connectivity index (χ3n) is 7.20. The predicted octanol–water partition coefficient (Wildman–Crippen LogP) is -0.409. The molecule has 3 aliphatic heterocycles. The van der Waals surface area contributed by atoms with Crippen LogP contribution in [0.1, 0.15) is 64.8 Å². The number of hydrogen-bond donors (Lipinski definition) is 0. The van der Waals surface area contributed by atoms with Crippen molar-refractivity contribution in [3.05, 3.63) is 41.0 Å². The lowest BCUT2D eigenvalue weighted by Crippen LogP contribution is -3.00. The normalized spacial score (nSPS) is 18.1. The van der Waals surface area contributed by atoms with Crippen LogP contribution in [0, 0.1) is 0 Å². The van der Waals surface area contributed by atoms with E-state index in [0.717, 1.165) is 39.7 Å². The number of quaternary nitrogens is 1. The Kier molecular flexibility index (Phi) is 7.49. The smallest absolute Gasteiger partial charge is 0.333 e. The number of amides is 4. The van der Waals surface area contributed by atoms with Gasteiger partial charge in [0.05, 0.1) is 19.8 Å². The van der Waals surface area contributed by atoms with E-state index in [1.807, 2.05) is 25.2 Å². The average molecular weight is 543 g/mol. The molecule has 3 aliphatic rings. The number of nitrogens with zero attached hydrogens (tertiary/aromatic N) is 4. The van der Waals surface area contributed by atoms with Crippen molar-refractivity contribution in [2.75, 3.05) is 39.3 Å². The molecule has 202 valence electrons. The van der Waals surface area contributed by atoms with E-state index in [2.05, 4.69) is 19.0 Å². The highest BCUT2D eigenvalue weighted by Crippen LogP contribution is 2.41. The molecule has 0 N–H and O–H groups in total. The molecule has 1 fully saturated rings. The maximum Gasteiger partial charge on any atom is 0.333 e. The summed E-state index contributed by atoms with van der Waals surface area (Å²) in [5.74, 6) is -2.26. The molecule has 4 amide bonds. The Hall–Kier alpha value is -3.50. The van der Waals surface area contributed by atoms with E-state index in [1.165, 1.54) is 4.90 Å². The summed E-state index contributed by atoms with van der Waals surface area (Å²) in [5.41, 5.74) is 3.26. The Morgan fingerprint density at radius 1 is 0.974 bits per heavy atom. The zero-order chi connectivity index (χ0) is 26.5. The minimum absolute atomic E-state index is 0. The van der Waals surface area contributed by atoms with Gasteiger partial charge in [0.2, 0.25) is 0 Å². The molecule has 3 heterocycles. The van der Waals surface area contributed by atoms with Crippen molar-refractivity contribution in [2.24, 2.45) is 0 Å². The van der Waals surface area contributed by atoms with E-state index in [0.29, 0.717) is 35.5 Å². The standard InChI is InChI=1S/C27H31N4O6.ClH/c1-28-16-31(2,3)15-17-14-20-24-18(25(17)28)8-7-9-19(24)26(35)29(27(20)36)13-6-4-5-10-23(34)37-30-21(32)11-12-22(30)33;/h7-9,14H,4-6,10-13,15-16H2,1-3H3;1H/q+1;/p-1. The molecule has 0 saturated carbocycles. The lowest BCUT2D eigenvalue weighted by molar-refractivity contribution is -0.904. The number of benzene rings is 2. The average Bonchev–Trinajstić information content (AvgIpc) is 3.14. The minimum Gasteiger partial charge on any atom is -1.00 e. The molecule has 2 aromatic carbocycles. The first-order valence-corrected chi connectivity index (χ1v) is 12.6. The van der Waals surface area contributed by atoms with Crippen molar-refractivity contribution in [1.29, 1.82) is 0 Å². The summed E-state index contributed by atoms with van der Waals surface area (Å²) in [6, 6.07) is 7.59. The first-order valence-electron chi connectivity index (χ1n) is 12.6. The number of halogens is 1. The molecule has 0 aromatic heterocycles. The quantitative estimate of drug-likeness (QED) is 0.266. The van der Waals surface area contributed by atoms with Gasteiger partial charge in [-0.1, -0.05) is 18.6 Å². The summed E-state index contributed by atoms with van der Waals surface area (Å²) >= 11 is 0. The molecular formula is C27H31ClN4O6. The van der Waals surface area contributed by atoms with Gasteiger partial charge in [-0.3, -0.25) is 24.1 Å². The number of anilines is 1. The number of unbranched alkanes of at least 4 members (excludes halogenated alkanes) is 2. The molecule has 0 radical (unpaired) electrons. The molecule has 0 spiro atoms. The van der Waals surface area contributed by atoms with Crippen LogP contribution >= 0.6 is 0 Å². The van der Waals surface area contributed by atoms with E-state index < -0.39 is 17.8 Å². The van der Waals surface area contributed by atoms with Crippen molar-refractivity contribution >= 4 is 46.1 Å². The Labute approximate surface area is 227 Å². The maximum absolute atomic E-state index is 13.5. The van der Waals surface area contributed by atoms with Gasteiger partial charge in [-0.05, 0) is 25.0 Å². The van der Waals surface area contributed by atoms with Crippen LogP contribution < -0.4 is 17.3 Å². The number of imide groups is 2. The van der Waals surface area contributed by atoms with E-state index in [4.69, 9.17) is 4.84 Å². The fraction of sp³-hybridized carbons (Fsp3) is 0.444. The van der Waals surface area contributed by atoms with Crippen molar-refractivity contribution in [2.45, 2.75) is 45.1 Å². The van der Waals surface area contributed by atoms with Crippen molar-refractivity contribution in [3.8, 4) is 0 Å². The van der Waals surface area contributed by atoms with Gasteiger partial charge in [-0.15, -0.1) is 5.06 Å². The lowest BCUT2D eigenvalue weighted by atomic mass is 9.89. The molecule has 0 atom stereocenters. The van der Waals surface area contributed by atoms with Gasteiger partial charge in [-0.25, -0.2) is 4.79 Å². The topological polar surface area (TPSA) is 104 Å². The highest BCUT2D eigenvalue weighted by Gasteiger charge is 2.37. The molecule has 2 aromatic rings. The van der Waals surface area contributed by atoms with Gasteiger partial charge in [0, 0.05) is 60.3 Å². The molecule has 0 bridgehead atoms. The van der Waals surface area contributed by atoms with E-state index >= 15 is 0 Å². The van der Waals surface area contributed by atoms with Crippen LogP contribution in [-0.4, -0.2) is 78.4 Å². The Morgan fingerprint density at radius 3 is 2.37 bits per heavy atom. The van der Waals surface area contributed by atoms with Gasteiger partial charge < -0.3 is 26.6 Å². The van der Waals surface area contributed by atoms with Gasteiger partial charge >= 0.3 is 5.97 Å². The fourth-order valence-corrected chi connectivity index (χ4v) is 5.71. The van der Waals surface area contributed by atoms with Crippen molar-refractivity contribution in [1.82, 2.24) is 9.96 Å². The first-order chi connectivity index (χ1) is 17.6. The number of fused-ring (bicyclic) bond motifs is 2. The Balaban J connectivity index is 0.00000336. The van der Waals surface area contributed by atoms with Crippen LogP contribution in [0.15, 0.2) is 24.3 Å². The number of carbonyl (C=O) groups is 5. The SMILES string of the molecule is CN1C[N+](C)(C)Cc2cc3c4c(cccc4c21)C(=O)N(CCCCCC(=O)ON1C(=O)CCC1=O)C3=O.[Cl-]. The summed E-state index contributed by atoms with van der Waals surface area (Å²) in [6.45, 7) is 1.86. The Morgan fingerprint density at radius 2 is 1.66 bits per heavy atom. The fourth-order valence-electron chi connectivity index (χ4n) is 5.71. The molecule has 1 saturated heterocycles. The number of rotatable bonds is 7. The maximum atomic E-state index is 13.5. The molecule has 0 aliphatic carbocycles. The van der Waals surface area contributed by atoms with Crippen LogP contribution in [0.3, 0.4) is 0 Å². The third-order valence-corrected chi connectivity index (χ3v) is 7.20. The van der Waals surface area contributed by atoms with Crippen LogP contribution in [0.25, 0.3) is 10.8 Å². The number of carbonyl (C=O) groups excluding carboxylic acids is 5. The van der Waals surface area contributed by atoms with Gasteiger partial charge in [0.25, 0.3) is 23.6 Å². The van der Waals surface area contributed by atoms with Gasteiger partial charge in [-0.2, -0.15) is 0 Å². The second-order valence-electron chi connectivity index (χ2n) is 10.7. The van der Waals surface area contributed by atoms with Crippen LogP contribution in [0.2, 0.25) is 0 Å². The lowest BCUT2D eigenvalue weighted by Gasteiger charge is -2.41. The highest BCUT2D eigenvalue weighted by atomic mass is 35.5. The molecule has 0 unspecified atom stereocenters. The van der Waals surface area contributed by atoms with E-state index in [9.17, 15) is 24.0 Å².